The predicted molar refractivity (Wildman–Crippen MR) is 70.0 cm³/mol. The van der Waals surface area contributed by atoms with Gasteiger partial charge in [0.25, 0.3) is 0 Å². The highest BCUT2D eigenvalue weighted by atomic mass is 16.3. The van der Waals surface area contributed by atoms with Crippen LogP contribution in [-0.4, -0.2) is 38.5 Å². The molecule has 1 aromatic heterocycles. The smallest absolute Gasteiger partial charge is 0.0764 e. The lowest BCUT2D eigenvalue weighted by atomic mass is 9.71. The van der Waals surface area contributed by atoms with E-state index in [1.54, 1.807) is 0 Å². The summed E-state index contributed by atoms with van der Waals surface area (Å²) in [5.41, 5.74) is 0.775. The molecule has 4 nitrogen and oxygen atoms in total. The van der Waals surface area contributed by atoms with Crippen LogP contribution in [0.4, 0.5) is 0 Å². The molecule has 2 heterocycles. The van der Waals surface area contributed by atoms with Gasteiger partial charge >= 0.3 is 0 Å². The van der Waals surface area contributed by atoms with Crippen molar-refractivity contribution in [1.29, 1.82) is 0 Å². The van der Waals surface area contributed by atoms with Crippen LogP contribution in [0.3, 0.4) is 0 Å². The lowest BCUT2D eigenvalue weighted by molar-refractivity contribution is -0.0969. The van der Waals surface area contributed by atoms with E-state index in [2.05, 4.69) is 16.1 Å². The quantitative estimate of drug-likeness (QED) is 0.864. The average Bonchev–Trinajstić information content (AvgIpc) is 2.75. The minimum atomic E-state index is -0.362. The lowest BCUT2D eigenvalue weighted by Crippen LogP contribution is -2.52. The molecule has 1 N–H and O–H groups in total. The van der Waals surface area contributed by atoms with Crippen molar-refractivity contribution in [2.24, 2.45) is 13.0 Å². The fraction of sp³-hybridized carbons (Fsp3) is 0.786. The van der Waals surface area contributed by atoms with E-state index in [4.69, 9.17) is 0 Å². The summed E-state index contributed by atoms with van der Waals surface area (Å²) in [4.78, 5) is 2.45. The van der Waals surface area contributed by atoms with Crippen molar-refractivity contribution in [1.82, 2.24) is 14.7 Å². The van der Waals surface area contributed by atoms with Gasteiger partial charge in [-0.25, -0.2) is 0 Å². The van der Waals surface area contributed by atoms with E-state index in [0.29, 0.717) is 5.92 Å². The van der Waals surface area contributed by atoms with E-state index in [1.165, 1.54) is 19.3 Å². The molecule has 18 heavy (non-hydrogen) atoms. The Hall–Kier alpha value is -0.870. The van der Waals surface area contributed by atoms with E-state index in [-0.39, 0.29) is 5.60 Å². The molecule has 100 valence electrons. The molecule has 2 aliphatic rings. The largest absolute Gasteiger partial charge is 0.390 e. The minimum Gasteiger partial charge on any atom is -0.390 e. The van der Waals surface area contributed by atoms with Gasteiger partial charge in [-0.1, -0.05) is 12.8 Å². The van der Waals surface area contributed by atoms with Crippen LogP contribution >= 0.6 is 0 Å². The third-order valence-electron chi connectivity index (χ3n) is 4.67. The van der Waals surface area contributed by atoms with Crippen molar-refractivity contribution in [2.75, 3.05) is 13.1 Å². The van der Waals surface area contributed by atoms with Crippen molar-refractivity contribution in [3.05, 3.63) is 18.0 Å². The van der Waals surface area contributed by atoms with Crippen LogP contribution in [0, 0.1) is 5.92 Å². The van der Waals surface area contributed by atoms with E-state index in [0.717, 1.165) is 38.2 Å². The van der Waals surface area contributed by atoms with E-state index in [9.17, 15) is 5.11 Å². The van der Waals surface area contributed by atoms with Crippen molar-refractivity contribution in [3.8, 4) is 0 Å². The first kappa shape index (κ1) is 12.2. The standard InChI is InChI=1S/C14H23N3O/c1-16-8-5-13(15-16)11-17-9-7-14(18)6-3-2-4-12(14)10-17/h5,8,12,18H,2-4,6-7,9-11H2,1H3. The van der Waals surface area contributed by atoms with Crippen LogP contribution in [0.5, 0.6) is 0 Å². The van der Waals surface area contributed by atoms with E-state index < -0.39 is 0 Å². The normalized spacial score (nSPS) is 33.3. The van der Waals surface area contributed by atoms with Gasteiger partial charge in [0.2, 0.25) is 0 Å². The predicted octanol–water partition coefficient (Wildman–Crippen LogP) is 1.55. The number of fused-ring (bicyclic) bond motifs is 1. The number of hydrogen-bond acceptors (Lipinski definition) is 3. The maximum absolute atomic E-state index is 10.6. The van der Waals surface area contributed by atoms with Gasteiger partial charge in [0.05, 0.1) is 11.3 Å². The van der Waals surface area contributed by atoms with E-state index >= 15 is 0 Å². The average molecular weight is 249 g/mol. The molecule has 1 saturated heterocycles. The Bertz CT molecular complexity index is 417. The van der Waals surface area contributed by atoms with Crippen LogP contribution in [0.25, 0.3) is 0 Å². The van der Waals surface area contributed by atoms with Crippen LogP contribution in [0.15, 0.2) is 12.3 Å². The van der Waals surface area contributed by atoms with Crippen LogP contribution in [-0.2, 0) is 13.6 Å². The first-order chi connectivity index (χ1) is 8.66. The number of nitrogens with zero attached hydrogens (tertiary/aromatic N) is 3. The molecule has 3 rings (SSSR count). The molecule has 0 aromatic carbocycles. The summed E-state index contributed by atoms with van der Waals surface area (Å²) >= 11 is 0. The van der Waals surface area contributed by atoms with Gasteiger partial charge in [0.1, 0.15) is 0 Å². The maximum Gasteiger partial charge on any atom is 0.0764 e. The second kappa shape index (κ2) is 4.67. The minimum absolute atomic E-state index is 0.362. The SMILES string of the molecule is Cn1ccc(CN2CCC3(O)CCCCC3C2)n1. The molecule has 2 unspecified atom stereocenters. The number of aliphatic hydroxyl groups is 1. The Morgan fingerprint density at radius 2 is 2.33 bits per heavy atom. The zero-order chi connectivity index (χ0) is 12.6. The number of likely N-dealkylation sites (tertiary alicyclic amines) is 1. The molecule has 0 amide bonds. The van der Waals surface area contributed by atoms with Crippen molar-refractivity contribution < 1.29 is 5.11 Å². The maximum atomic E-state index is 10.6. The molecule has 0 spiro atoms. The number of aryl methyl sites for hydroxylation is 1. The lowest BCUT2D eigenvalue weighted by Gasteiger charge is -2.47. The van der Waals surface area contributed by atoms with Crippen LogP contribution in [0.1, 0.15) is 37.8 Å². The molecule has 1 saturated carbocycles. The Balaban J connectivity index is 1.63. The van der Waals surface area contributed by atoms with Gasteiger partial charge in [-0.2, -0.15) is 5.10 Å². The molecule has 0 radical (unpaired) electrons. The highest BCUT2D eigenvalue weighted by molar-refractivity contribution is 5.01. The molecule has 2 fully saturated rings. The van der Waals surface area contributed by atoms with Gasteiger partial charge < -0.3 is 5.11 Å². The van der Waals surface area contributed by atoms with Gasteiger partial charge in [-0.3, -0.25) is 9.58 Å². The Morgan fingerprint density at radius 3 is 3.11 bits per heavy atom. The summed E-state index contributed by atoms with van der Waals surface area (Å²) in [6.45, 7) is 2.96. The first-order valence-corrected chi connectivity index (χ1v) is 7.09. The molecule has 4 heteroatoms. The highest BCUT2D eigenvalue weighted by Gasteiger charge is 2.42. The molecular weight excluding hydrogens is 226 g/mol. The number of rotatable bonds is 2. The zero-order valence-electron chi connectivity index (χ0n) is 11.2. The summed E-state index contributed by atoms with van der Waals surface area (Å²) in [6, 6.07) is 2.08. The Morgan fingerprint density at radius 1 is 1.44 bits per heavy atom. The van der Waals surface area contributed by atoms with Gasteiger partial charge in [0, 0.05) is 38.8 Å². The molecule has 1 aliphatic carbocycles. The Kier molecular flexibility index (Phi) is 3.16. The summed E-state index contributed by atoms with van der Waals surface area (Å²) in [7, 11) is 1.96. The summed E-state index contributed by atoms with van der Waals surface area (Å²) in [5, 5.41) is 15.1. The third-order valence-corrected chi connectivity index (χ3v) is 4.67. The molecule has 0 bridgehead atoms. The van der Waals surface area contributed by atoms with Crippen LogP contribution < -0.4 is 0 Å². The van der Waals surface area contributed by atoms with E-state index in [1.807, 2.05) is 17.9 Å². The third kappa shape index (κ3) is 2.31. The summed E-state index contributed by atoms with van der Waals surface area (Å²) in [5.74, 6) is 0.476. The fourth-order valence-corrected chi connectivity index (χ4v) is 3.56. The van der Waals surface area contributed by atoms with Crippen molar-refractivity contribution in [3.63, 3.8) is 0 Å². The Labute approximate surface area is 109 Å². The van der Waals surface area contributed by atoms with Crippen molar-refractivity contribution in [2.45, 2.75) is 44.2 Å². The molecular formula is C14H23N3O. The first-order valence-electron chi connectivity index (χ1n) is 7.09. The topological polar surface area (TPSA) is 41.3 Å². The van der Waals surface area contributed by atoms with Gasteiger partial charge in [-0.05, 0) is 25.3 Å². The van der Waals surface area contributed by atoms with Gasteiger partial charge in [-0.15, -0.1) is 0 Å². The number of aromatic nitrogens is 2. The van der Waals surface area contributed by atoms with Crippen LogP contribution in [0.2, 0.25) is 0 Å². The molecule has 1 aliphatic heterocycles. The highest BCUT2D eigenvalue weighted by Crippen LogP contribution is 2.39. The zero-order valence-corrected chi connectivity index (χ0v) is 11.2. The second-order valence-corrected chi connectivity index (χ2v) is 6.01. The summed E-state index contributed by atoms with van der Waals surface area (Å²) in [6.07, 6.45) is 7.61. The monoisotopic (exact) mass is 249 g/mol. The number of piperidine rings is 1. The molecule has 1 aromatic rings. The fourth-order valence-electron chi connectivity index (χ4n) is 3.56. The second-order valence-electron chi connectivity index (χ2n) is 6.01. The number of hydrogen-bond donors (Lipinski definition) is 1. The van der Waals surface area contributed by atoms with Crippen molar-refractivity contribution >= 4 is 0 Å². The molecule has 2 atom stereocenters. The summed E-state index contributed by atoms with van der Waals surface area (Å²) < 4.78 is 1.86. The van der Waals surface area contributed by atoms with Gasteiger partial charge in [0.15, 0.2) is 0 Å².